The number of hydrogen-bond donors (Lipinski definition) is 1. The van der Waals surface area contributed by atoms with Crippen molar-refractivity contribution in [1.29, 1.82) is 0 Å². The number of anilines is 1. The minimum atomic E-state index is 0.661. The van der Waals surface area contributed by atoms with Crippen LogP contribution in [0.5, 0.6) is 0 Å². The summed E-state index contributed by atoms with van der Waals surface area (Å²) in [5.74, 6) is 0.882. The van der Waals surface area contributed by atoms with Gasteiger partial charge in [-0.3, -0.25) is 0 Å². The van der Waals surface area contributed by atoms with E-state index < -0.39 is 0 Å². The molecule has 5 nitrogen and oxygen atoms in total. The first-order valence-corrected chi connectivity index (χ1v) is 5.24. The van der Waals surface area contributed by atoms with Gasteiger partial charge in [0.25, 0.3) is 0 Å². The number of aromatic nitrogens is 4. The van der Waals surface area contributed by atoms with Crippen molar-refractivity contribution in [3.63, 3.8) is 0 Å². The summed E-state index contributed by atoms with van der Waals surface area (Å²) >= 11 is 1.47. The molecule has 0 amide bonds. The molecular formula is C9H11N5S. The van der Waals surface area contributed by atoms with Gasteiger partial charge < -0.3 is 10.3 Å². The van der Waals surface area contributed by atoms with Crippen LogP contribution in [0.25, 0.3) is 0 Å². The van der Waals surface area contributed by atoms with Crippen molar-refractivity contribution in [2.75, 3.05) is 5.73 Å². The topological polar surface area (TPSA) is 69.6 Å². The minimum Gasteiger partial charge on any atom is -0.397 e. The van der Waals surface area contributed by atoms with Gasteiger partial charge in [0.1, 0.15) is 10.9 Å². The van der Waals surface area contributed by atoms with Crippen LogP contribution < -0.4 is 5.73 Å². The van der Waals surface area contributed by atoms with Gasteiger partial charge in [0.2, 0.25) is 0 Å². The van der Waals surface area contributed by atoms with E-state index in [9.17, 15) is 0 Å². The van der Waals surface area contributed by atoms with E-state index in [1.807, 2.05) is 30.7 Å². The molecule has 0 atom stereocenters. The summed E-state index contributed by atoms with van der Waals surface area (Å²) < 4.78 is 1.92. The molecule has 0 aliphatic heterocycles. The Balaban J connectivity index is 2.22. The van der Waals surface area contributed by atoms with E-state index in [4.69, 9.17) is 5.73 Å². The standard InChI is InChI=1S/C9H11N5S/c1-6-12-13-9(14(6)2)15-8-4-3-7(10)5-11-8/h3-5H,10H2,1-2H3. The molecule has 0 saturated carbocycles. The van der Waals surface area contributed by atoms with Crippen molar-refractivity contribution in [2.24, 2.45) is 7.05 Å². The smallest absolute Gasteiger partial charge is 0.197 e. The van der Waals surface area contributed by atoms with Gasteiger partial charge in [0, 0.05) is 7.05 Å². The minimum absolute atomic E-state index is 0.661. The maximum absolute atomic E-state index is 5.55. The number of nitrogens with two attached hydrogens (primary N) is 1. The van der Waals surface area contributed by atoms with Crippen molar-refractivity contribution in [2.45, 2.75) is 17.1 Å². The third-order valence-electron chi connectivity index (χ3n) is 2.01. The second-order valence-electron chi connectivity index (χ2n) is 3.12. The molecule has 2 aromatic heterocycles. The Morgan fingerprint density at radius 2 is 2.13 bits per heavy atom. The van der Waals surface area contributed by atoms with Crippen LogP contribution in [0, 0.1) is 6.92 Å². The van der Waals surface area contributed by atoms with Crippen molar-refractivity contribution in [3.8, 4) is 0 Å². The maximum Gasteiger partial charge on any atom is 0.197 e. The Hall–Kier alpha value is -1.56. The first-order chi connectivity index (χ1) is 7.16. The first-order valence-electron chi connectivity index (χ1n) is 4.42. The SMILES string of the molecule is Cc1nnc(Sc2ccc(N)cn2)n1C. The summed E-state index contributed by atoms with van der Waals surface area (Å²) in [6.07, 6.45) is 1.63. The van der Waals surface area contributed by atoms with Gasteiger partial charge in [-0.05, 0) is 30.8 Å². The van der Waals surface area contributed by atoms with Crippen LogP contribution in [-0.4, -0.2) is 19.7 Å². The fourth-order valence-electron chi connectivity index (χ4n) is 1.02. The Kier molecular flexibility index (Phi) is 2.59. The maximum atomic E-state index is 5.55. The largest absolute Gasteiger partial charge is 0.397 e. The summed E-state index contributed by atoms with van der Waals surface area (Å²) in [5, 5.41) is 9.69. The summed E-state index contributed by atoms with van der Waals surface area (Å²) in [4.78, 5) is 4.18. The molecule has 0 aromatic carbocycles. The highest BCUT2D eigenvalue weighted by Gasteiger charge is 2.07. The lowest BCUT2D eigenvalue weighted by Crippen LogP contribution is -1.94. The van der Waals surface area contributed by atoms with E-state index in [1.54, 1.807) is 6.20 Å². The lowest BCUT2D eigenvalue weighted by atomic mass is 10.4. The van der Waals surface area contributed by atoms with Gasteiger partial charge in [-0.25, -0.2) is 4.98 Å². The lowest BCUT2D eigenvalue weighted by molar-refractivity contribution is 0.764. The second-order valence-corrected chi connectivity index (χ2v) is 4.11. The zero-order chi connectivity index (χ0) is 10.8. The van der Waals surface area contributed by atoms with Crippen molar-refractivity contribution < 1.29 is 0 Å². The highest BCUT2D eigenvalue weighted by Crippen LogP contribution is 2.24. The molecule has 6 heteroatoms. The Labute approximate surface area is 91.7 Å². The molecule has 0 aliphatic rings. The molecule has 0 radical (unpaired) electrons. The van der Waals surface area contributed by atoms with Gasteiger partial charge >= 0.3 is 0 Å². The van der Waals surface area contributed by atoms with Crippen LogP contribution in [0.4, 0.5) is 5.69 Å². The molecule has 0 bridgehead atoms. The molecular weight excluding hydrogens is 210 g/mol. The van der Waals surface area contributed by atoms with Gasteiger partial charge in [-0.2, -0.15) is 0 Å². The zero-order valence-corrected chi connectivity index (χ0v) is 9.32. The summed E-state index contributed by atoms with van der Waals surface area (Å²) in [5.41, 5.74) is 6.21. The predicted molar refractivity (Wildman–Crippen MR) is 58.5 cm³/mol. The molecule has 2 heterocycles. The highest BCUT2D eigenvalue weighted by atomic mass is 32.2. The fraction of sp³-hybridized carbons (Fsp3) is 0.222. The quantitative estimate of drug-likeness (QED) is 0.826. The van der Waals surface area contributed by atoms with E-state index in [-0.39, 0.29) is 0 Å². The number of aryl methyl sites for hydroxylation is 1. The Morgan fingerprint density at radius 1 is 1.33 bits per heavy atom. The van der Waals surface area contributed by atoms with E-state index >= 15 is 0 Å². The van der Waals surface area contributed by atoms with Crippen molar-refractivity contribution in [1.82, 2.24) is 19.7 Å². The third kappa shape index (κ3) is 2.10. The molecule has 0 spiro atoms. The number of pyridine rings is 1. The van der Waals surface area contributed by atoms with Gasteiger partial charge in [0.15, 0.2) is 5.16 Å². The van der Waals surface area contributed by atoms with E-state index in [1.165, 1.54) is 11.8 Å². The Bertz CT molecular complexity index is 462. The van der Waals surface area contributed by atoms with Crippen LogP contribution in [0.15, 0.2) is 28.5 Å². The fourth-order valence-corrected chi connectivity index (χ4v) is 1.80. The average Bonchev–Trinajstić information content (AvgIpc) is 2.53. The van der Waals surface area contributed by atoms with Crippen LogP contribution in [0.2, 0.25) is 0 Å². The third-order valence-corrected chi connectivity index (χ3v) is 3.00. The molecule has 15 heavy (non-hydrogen) atoms. The zero-order valence-electron chi connectivity index (χ0n) is 8.51. The predicted octanol–water partition coefficient (Wildman–Crippen LogP) is 1.25. The van der Waals surface area contributed by atoms with E-state index in [0.29, 0.717) is 5.69 Å². The summed E-state index contributed by atoms with van der Waals surface area (Å²) in [6.45, 7) is 1.91. The molecule has 2 N–H and O–H groups in total. The second kappa shape index (κ2) is 3.90. The van der Waals surface area contributed by atoms with Crippen molar-refractivity contribution >= 4 is 17.4 Å². The molecule has 0 saturated heterocycles. The Morgan fingerprint density at radius 3 is 2.67 bits per heavy atom. The number of nitrogens with zero attached hydrogens (tertiary/aromatic N) is 4. The van der Waals surface area contributed by atoms with Crippen LogP contribution in [-0.2, 0) is 7.05 Å². The summed E-state index contributed by atoms with van der Waals surface area (Å²) in [7, 11) is 1.93. The monoisotopic (exact) mass is 221 g/mol. The molecule has 0 aliphatic carbocycles. The highest BCUT2D eigenvalue weighted by molar-refractivity contribution is 7.99. The normalized spacial score (nSPS) is 10.5. The first kappa shape index (κ1) is 9.97. The molecule has 2 rings (SSSR count). The summed E-state index contributed by atoms with van der Waals surface area (Å²) in [6, 6.07) is 3.68. The molecule has 0 unspecified atom stereocenters. The molecule has 78 valence electrons. The van der Waals surface area contributed by atoms with Crippen molar-refractivity contribution in [3.05, 3.63) is 24.2 Å². The number of rotatable bonds is 2. The lowest BCUT2D eigenvalue weighted by Gasteiger charge is -2.00. The molecule has 2 aromatic rings. The number of hydrogen-bond acceptors (Lipinski definition) is 5. The van der Waals surface area contributed by atoms with Gasteiger partial charge in [-0.15, -0.1) is 10.2 Å². The number of nitrogen functional groups attached to an aromatic ring is 1. The van der Waals surface area contributed by atoms with Gasteiger partial charge in [0.05, 0.1) is 11.9 Å². The van der Waals surface area contributed by atoms with Crippen LogP contribution in [0.1, 0.15) is 5.82 Å². The average molecular weight is 221 g/mol. The van der Waals surface area contributed by atoms with Crippen LogP contribution in [0.3, 0.4) is 0 Å². The molecule has 0 fully saturated rings. The van der Waals surface area contributed by atoms with E-state index in [2.05, 4.69) is 15.2 Å². The van der Waals surface area contributed by atoms with E-state index in [0.717, 1.165) is 16.0 Å². The van der Waals surface area contributed by atoms with Crippen LogP contribution >= 0.6 is 11.8 Å². The van der Waals surface area contributed by atoms with Gasteiger partial charge in [-0.1, -0.05) is 0 Å².